The predicted molar refractivity (Wildman–Crippen MR) is 80.8 cm³/mol. The molecule has 1 aliphatic heterocycles. The van der Waals surface area contributed by atoms with Gasteiger partial charge in [-0.1, -0.05) is 13.8 Å². The quantitative estimate of drug-likeness (QED) is 0.827. The SMILES string of the molecule is CC(C)C1CCN(c2nc3c(cc2C#N)CCC3)CC1. The third kappa shape index (κ3) is 2.40. The molecule has 0 aromatic carbocycles. The zero-order valence-electron chi connectivity index (χ0n) is 12.5. The summed E-state index contributed by atoms with van der Waals surface area (Å²) in [6.45, 7) is 6.72. The number of piperidine rings is 1. The first-order valence-electron chi connectivity index (χ1n) is 7.87. The van der Waals surface area contributed by atoms with Crippen LogP contribution < -0.4 is 4.90 Å². The van der Waals surface area contributed by atoms with Crippen molar-refractivity contribution >= 4 is 5.82 Å². The van der Waals surface area contributed by atoms with Crippen LogP contribution in [0.25, 0.3) is 0 Å². The van der Waals surface area contributed by atoms with Gasteiger partial charge in [0.15, 0.2) is 0 Å². The first-order chi connectivity index (χ1) is 9.69. The van der Waals surface area contributed by atoms with Crippen LogP contribution in [0, 0.1) is 23.2 Å². The van der Waals surface area contributed by atoms with Gasteiger partial charge in [0.05, 0.1) is 5.56 Å². The molecule has 20 heavy (non-hydrogen) atoms. The second-order valence-electron chi connectivity index (χ2n) is 6.50. The van der Waals surface area contributed by atoms with E-state index in [0.717, 1.165) is 49.1 Å². The zero-order valence-corrected chi connectivity index (χ0v) is 12.5. The first-order valence-corrected chi connectivity index (χ1v) is 7.87. The standard InChI is InChI=1S/C17H23N3/c1-12(2)13-6-8-20(9-7-13)17-15(11-18)10-14-4-3-5-16(14)19-17/h10,12-13H,3-9H2,1-2H3. The molecule has 3 nitrogen and oxygen atoms in total. The Labute approximate surface area is 121 Å². The molecule has 0 saturated carbocycles. The Kier molecular flexibility index (Phi) is 3.65. The minimum atomic E-state index is 0.764. The highest BCUT2D eigenvalue weighted by atomic mass is 15.2. The van der Waals surface area contributed by atoms with Gasteiger partial charge < -0.3 is 4.90 Å². The Hall–Kier alpha value is -1.56. The second kappa shape index (κ2) is 5.44. The maximum Gasteiger partial charge on any atom is 0.146 e. The fourth-order valence-corrected chi connectivity index (χ4v) is 3.56. The van der Waals surface area contributed by atoms with E-state index in [4.69, 9.17) is 4.98 Å². The molecule has 3 heteroatoms. The first kappa shape index (κ1) is 13.4. The number of nitrogens with zero attached hydrogens (tertiary/aromatic N) is 3. The number of pyridine rings is 1. The molecule has 1 aromatic heterocycles. The number of hydrogen-bond donors (Lipinski definition) is 0. The number of nitriles is 1. The number of rotatable bonds is 2. The number of aryl methyl sites for hydroxylation is 2. The van der Waals surface area contributed by atoms with Gasteiger partial charge in [-0.3, -0.25) is 0 Å². The normalized spacial score (nSPS) is 19.2. The van der Waals surface area contributed by atoms with Crippen LogP contribution in [0.15, 0.2) is 6.07 Å². The topological polar surface area (TPSA) is 39.9 Å². The molecule has 1 saturated heterocycles. The van der Waals surface area contributed by atoms with Gasteiger partial charge in [-0.2, -0.15) is 5.26 Å². The van der Waals surface area contributed by atoms with Crippen LogP contribution in [0.3, 0.4) is 0 Å². The van der Waals surface area contributed by atoms with Gasteiger partial charge in [-0.15, -0.1) is 0 Å². The van der Waals surface area contributed by atoms with Gasteiger partial charge in [-0.05, 0) is 55.6 Å². The monoisotopic (exact) mass is 269 g/mol. The Balaban J connectivity index is 1.83. The lowest BCUT2D eigenvalue weighted by molar-refractivity contribution is 0.310. The molecule has 106 valence electrons. The third-order valence-electron chi connectivity index (χ3n) is 4.93. The summed E-state index contributed by atoms with van der Waals surface area (Å²) in [4.78, 5) is 7.15. The van der Waals surface area contributed by atoms with Crippen LogP contribution >= 0.6 is 0 Å². The molecule has 1 aliphatic carbocycles. The average Bonchev–Trinajstić information content (AvgIpc) is 2.93. The van der Waals surface area contributed by atoms with Gasteiger partial charge in [0.1, 0.15) is 11.9 Å². The van der Waals surface area contributed by atoms with Gasteiger partial charge in [0.2, 0.25) is 0 Å². The van der Waals surface area contributed by atoms with Crippen molar-refractivity contribution in [1.82, 2.24) is 4.98 Å². The Bertz CT molecular complexity index is 534. The lowest BCUT2D eigenvalue weighted by Crippen LogP contribution is -2.36. The van der Waals surface area contributed by atoms with Crippen molar-refractivity contribution in [3.8, 4) is 6.07 Å². The van der Waals surface area contributed by atoms with E-state index in [2.05, 4.69) is 30.9 Å². The van der Waals surface area contributed by atoms with Gasteiger partial charge >= 0.3 is 0 Å². The highest BCUT2D eigenvalue weighted by molar-refractivity contribution is 5.57. The molecule has 1 fully saturated rings. The van der Waals surface area contributed by atoms with E-state index in [9.17, 15) is 5.26 Å². The summed E-state index contributed by atoms with van der Waals surface area (Å²) in [7, 11) is 0. The van der Waals surface area contributed by atoms with Crippen LogP contribution in [-0.2, 0) is 12.8 Å². The maximum atomic E-state index is 9.40. The fraction of sp³-hybridized carbons (Fsp3) is 0.647. The number of hydrogen-bond acceptors (Lipinski definition) is 3. The van der Waals surface area contributed by atoms with Crippen LogP contribution in [0.2, 0.25) is 0 Å². The van der Waals surface area contributed by atoms with E-state index in [1.807, 2.05) is 0 Å². The summed E-state index contributed by atoms with van der Waals surface area (Å²) in [5, 5.41) is 9.40. The number of fused-ring (bicyclic) bond motifs is 1. The molecular weight excluding hydrogens is 246 g/mol. The van der Waals surface area contributed by atoms with Crippen molar-refractivity contribution in [2.75, 3.05) is 18.0 Å². The number of aromatic nitrogens is 1. The molecule has 3 rings (SSSR count). The molecular formula is C17H23N3. The molecule has 0 spiro atoms. The summed E-state index contributed by atoms with van der Waals surface area (Å²) in [5.41, 5.74) is 3.29. The van der Waals surface area contributed by atoms with E-state index in [1.165, 1.54) is 30.5 Å². The van der Waals surface area contributed by atoms with Crippen molar-refractivity contribution in [3.05, 3.63) is 22.9 Å². The van der Waals surface area contributed by atoms with E-state index in [0.29, 0.717) is 0 Å². The van der Waals surface area contributed by atoms with E-state index >= 15 is 0 Å². The molecule has 0 atom stereocenters. The minimum absolute atomic E-state index is 0.764. The third-order valence-corrected chi connectivity index (χ3v) is 4.93. The van der Waals surface area contributed by atoms with Crippen molar-refractivity contribution in [2.45, 2.75) is 46.0 Å². The molecule has 0 unspecified atom stereocenters. The highest BCUT2D eigenvalue weighted by Gasteiger charge is 2.25. The Morgan fingerprint density at radius 3 is 2.70 bits per heavy atom. The fourth-order valence-electron chi connectivity index (χ4n) is 3.56. The zero-order chi connectivity index (χ0) is 14.1. The smallest absolute Gasteiger partial charge is 0.146 e. The van der Waals surface area contributed by atoms with Crippen molar-refractivity contribution in [3.63, 3.8) is 0 Å². The second-order valence-corrected chi connectivity index (χ2v) is 6.50. The van der Waals surface area contributed by atoms with Crippen LogP contribution in [-0.4, -0.2) is 18.1 Å². The summed E-state index contributed by atoms with van der Waals surface area (Å²) in [6.07, 6.45) is 5.80. The maximum absolute atomic E-state index is 9.40. The minimum Gasteiger partial charge on any atom is -0.355 e. The molecule has 0 bridgehead atoms. The van der Waals surface area contributed by atoms with Gasteiger partial charge in [0, 0.05) is 18.8 Å². The molecule has 1 aromatic rings. The average molecular weight is 269 g/mol. The van der Waals surface area contributed by atoms with Crippen LogP contribution in [0.1, 0.15) is 49.9 Å². The molecule has 2 heterocycles. The summed E-state index contributed by atoms with van der Waals surface area (Å²) >= 11 is 0. The largest absolute Gasteiger partial charge is 0.355 e. The van der Waals surface area contributed by atoms with Crippen molar-refractivity contribution in [1.29, 1.82) is 5.26 Å². The van der Waals surface area contributed by atoms with Gasteiger partial charge in [-0.25, -0.2) is 4.98 Å². The summed E-state index contributed by atoms with van der Waals surface area (Å²) in [5.74, 6) is 2.53. The highest BCUT2D eigenvalue weighted by Crippen LogP contribution is 2.31. The molecule has 0 N–H and O–H groups in total. The van der Waals surface area contributed by atoms with Crippen molar-refractivity contribution < 1.29 is 0 Å². The summed E-state index contributed by atoms with van der Waals surface area (Å²) in [6, 6.07) is 4.43. The van der Waals surface area contributed by atoms with Crippen LogP contribution in [0.4, 0.5) is 5.82 Å². The van der Waals surface area contributed by atoms with Crippen LogP contribution in [0.5, 0.6) is 0 Å². The molecule has 0 amide bonds. The summed E-state index contributed by atoms with van der Waals surface area (Å²) < 4.78 is 0. The van der Waals surface area contributed by atoms with E-state index < -0.39 is 0 Å². The number of anilines is 1. The predicted octanol–water partition coefficient (Wildman–Crippen LogP) is 3.31. The Morgan fingerprint density at radius 1 is 1.30 bits per heavy atom. The van der Waals surface area contributed by atoms with E-state index in [-0.39, 0.29) is 0 Å². The lowest BCUT2D eigenvalue weighted by Gasteiger charge is -2.35. The van der Waals surface area contributed by atoms with Gasteiger partial charge in [0.25, 0.3) is 0 Å². The van der Waals surface area contributed by atoms with Crippen molar-refractivity contribution in [2.24, 2.45) is 11.8 Å². The molecule has 2 aliphatic rings. The van der Waals surface area contributed by atoms with E-state index in [1.54, 1.807) is 0 Å². The Morgan fingerprint density at radius 2 is 2.05 bits per heavy atom. The lowest BCUT2D eigenvalue weighted by atomic mass is 9.86. The molecule has 0 radical (unpaired) electrons.